The van der Waals surface area contributed by atoms with Gasteiger partial charge in [0.05, 0.1) is 22.4 Å². The summed E-state index contributed by atoms with van der Waals surface area (Å²) in [5.41, 5.74) is 15.8. The Morgan fingerprint density at radius 2 is 1.17 bits per heavy atom. The fourth-order valence-electron chi connectivity index (χ4n) is 13.5. The van der Waals surface area contributed by atoms with E-state index in [1.165, 1.54) is 110 Å². The minimum atomic E-state index is -0.0238. The van der Waals surface area contributed by atoms with E-state index in [2.05, 4.69) is 214 Å². The Bertz CT molecular complexity index is 3080. The van der Waals surface area contributed by atoms with Crippen LogP contribution in [0.5, 0.6) is 0 Å². The maximum Gasteiger partial charge on any atom is 0.137 e. The van der Waals surface area contributed by atoms with Crippen LogP contribution in [0.2, 0.25) is 0 Å². The summed E-state index contributed by atoms with van der Waals surface area (Å²) in [6.07, 6.45) is 9.80. The van der Waals surface area contributed by atoms with Gasteiger partial charge in [-0.2, -0.15) is 0 Å². The Hall–Kier alpha value is -6.13. The average Bonchev–Trinajstić information content (AvgIpc) is 3.85. The largest absolute Gasteiger partial charge is 0.321 e. The lowest BCUT2D eigenvalue weighted by Crippen LogP contribution is -2.56. The highest BCUT2D eigenvalue weighted by molar-refractivity contribution is 6.09. The summed E-state index contributed by atoms with van der Waals surface area (Å²) in [6, 6.07) is 57.8. The van der Waals surface area contributed by atoms with Crippen LogP contribution >= 0.6 is 0 Å². The van der Waals surface area contributed by atoms with Gasteiger partial charge < -0.3 is 9.80 Å². The Kier molecular flexibility index (Phi) is 9.29. The molecule has 0 spiro atoms. The minimum Gasteiger partial charge on any atom is -0.321 e. The molecule has 4 bridgehead atoms. The second-order valence-corrected chi connectivity index (χ2v) is 22.2. The number of rotatable bonds is 7. The van der Waals surface area contributed by atoms with Gasteiger partial charge in [-0.1, -0.05) is 139 Å². The molecule has 4 nitrogen and oxygen atoms in total. The van der Waals surface area contributed by atoms with Crippen LogP contribution in [0.3, 0.4) is 0 Å². The van der Waals surface area contributed by atoms with Crippen molar-refractivity contribution in [2.24, 2.45) is 23.7 Å². The first kappa shape index (κ1) is 40.4. The molecule has 0 saturated heterocycles. The first-order valence-corrected chi connectivity index (χ1v) is 24.4. The SMILES string of the molecule is CC(C)(C)c1cc(Cc2ccc3c4ccccc4n(-c4cc(C5(c6ccccc6)C6CC7CC(C6)CC5C7)ccn4)c3c2)cc(N2CN(c3ccccc3C(C)(C)C)c3ccccc32)c1. The summed E-state index contributed by atoms with van der Waals surface area (Å²) in [6.45, 7) is 14.7. The van der Waals surface area contributed by atoms with Crippen molar-refractivity contribution in [3.8, 4) is 5.82 Å². The quantitative estimate of drug-likeness (QED) is 0.160. The summed E-state index contributed by atoms with van der Waals surface area (Å²) in [7, 11) is 0. The summed E-state index contributed by atoms with van der Waals surface area (Å²) >= 11 is 0. The molecule has 6 aromatic carbocycles. The van der Waals surface area contributed by atoms with Crippen molar-refractivity contribution in [2.75, 3.05) is 16.5 Å². The van der Waals surface area contributed by atoms with Crippen molar-refractivity contribution in [3.63, 3.8) is 0 Å². The monoisotopic (exact) mass is 850 g/mol. The molecule has 5 aliphatic rings. The minimum absolute atomic E-state index is 0.0169. The van der Waals surface area contributed by atoms with Gasteiger partial charge in [0.1, 0.15) is 12.5 Å². The number of fused-ring (bicyclic) bond motifs is 4. The molecule has 1 aliphatic heterocycles. The van der Waals surface area contributed by atoms with Gasteiger partial charge in [0, 0.05) is 33.8 Å². The van der Waals surface area contributed by atoms with E-state index in [1.807, 2.05) is 0 Å². The lowest BCUT2D eigenvalue weighted by atomic mass is 9.42. The van der Waals surface area contributed by atoms with Gasteiger partial charge in [-0.05, 0) is 161 Å². The summed E-state index contributed by atoms with van der Waals surface area (Å²) < 4.78 is 2.47. The van der Waals surface area contributed by atoms with Crippen molar-refractivity contribution in [3.05, 3.63) is 191 Å². The zero-order chi connectivity index (χ0) is 44.2. The second kappa shape index (κ2) is 15.0. The molecule has 4 heteroatoms. The van der Waals surface area contributed by atoms with E-state index in [-0.39, 0.29) is 16.2 Å². The van der Waals surface area contributed by atoms with E-state index in [9.17, 15) is 0 Å². The van der Waals surface area contributed by atoms with Crippen LogP contribution in [0, 0.1) is 23.7 Å². The normalized spacial score (nSPS) is 22.6. The van der Waals surface area contributed by atoms with E-state index in [0.717, 1.165) is 30.7 Å². The molecule has 0 atom stereocenters. The van der Waals surface area contributed by atoms with Crippen molar-refractivity contribution in [2.45, 2.75) is 96.3 Å². The van der Waals surface area contributed by atoms with Crippen molar-refractivity contribution in [1.82, 2.24) is 9.55 Å². The van der Waals surface area contributed by atoms with Crippen LogP contribution in [0.4, 0.5) is 22.7 Å². The van der Waals surface area contributed by atoms with Crippen LogP contribution in [0.1, 0.15) is 107 Å². The molecule has 0 N–H and O–H groups in total. The van der Waals surface area contributed by atoms with E-state index >= 15 is 0 Å². The first-order valence-electron chi connectivity index (χ1n) is 24.4. The molecular weight excluding hydrogens is 789 g/mol. The predicted octanol–water partition coefficient (Wildman–Crippen LogP) is 15.4. The summed E-state index contributed by atoms with van der Waals surface area (Å²) in [5, 5.41) is 2.55. The van der Waals surface area contributed by atoms with Gasteiger partial charge in [0.15, 0.2) is 0 Å². The first-order chi connectivity index (χ1) is 31.4. The summed E-state index contributed by atoms with van der Waals surface area (Å²) in [4.78, 5) is 10.3. The van der Waals surface area contributed by atoms with Gasteiger partial charge in [0.2, 0.25) is 0 Å². The Morgan fingerprint density at radius 3 is 1.89 bits per heavy atom. The second-order valence-electron chi connectivity index (χ2n) is 22.2. The third-order valence-corrected chi connectivity index (χ3v) is 16.2. The number of benzene rings is 6. The Labute approximate surface area is 386 Å². The molecule has 65 heavy (non-hydrogen) atoms. The Morgan fingerprint density at radius 1 is 0.523 bits per heavy atom. The van der Waals surface area contributed by atoms with Crippen LogP contribution in [0.15, 0.2) is 158 Å². The molecule has 3 heterocycles. The number of anilines is 4. The third-order valence-electron chi connectivity index (χ3n) is 16.2. The third kappa shape index (κ3) is 6.57. The number of pyridine rings is 1. The number of hydrogen-bond donors (Lipinski definition) is 0. The topological polar surface area (TPSA) is 24.3 Å². The van der Waals surface area contributed by atoms with Gasteiger partial charge in [-0.3, -0.25) is 4.57 Å². The molecule has 4 saturated carbocycles. The lowest BCUT2D eigenvalue weighted by molar-refractivity contribution is -0.0418. The Balaban J connectivity index is 0.953. The maximum absolute atomic E-state index is 5.25. The molecule has 0 unspecified atom stereocenters. The van der Waals surface area contributed by atoms with E-state index in [4.69, 9.17) is 4.98 Å². The zero-order valence-corrected chi connectivity index (χ0v) is 39.1. The number of hydrogen-bond acceptors (Lipinski definition) is 3. The smallest absolute Gasteiger partial charge is 0.137 e. The molecular formula is C61H62N4. The van der Waals surface area contributed by atoms with Crippen LogP contribution < -0.4 is 9.80 Å². The van der Waals surface area contributed by atoms with Crippen molar-refractivity contribution < 1.29 is 0 Å². The highest BCUT2D eigenvalue weighted by Gasteiger charge is 2.58. The molecule has 4 fully saturated rings. The standard InChI is InChI=1S/C61H62N4/c1-59(2,3)46-30-43(35-49(37-46)63-39-64(56-23-15-14-22-55(56)63)54-21-13-11-19-52(54)60(4,5)6)28-40-24-25-51-50-18-10-12-20-53(50)65(57(51)36-40)58-38-45(26-27-62-58)61(44-16-8-7-9-17-44)47-31-41-29-42(33-47)34-48(61)32-41/h7-27,30,35-38,41-42,47-48H,28-29,31-34,39H2,1-6H3. The highest BCUT2D eigenvalue weighted by atomic mass is 15.4. The van der Waals surface area contributed by atoms with E-state index in [1.54, 1.807) is 0 Å². The van der Waals surface area contributed by atoms with Crippen molar-refractivity contribution in [1.29, 1.82) is 0 Å². The van der Waals surface area contributed by atoms with Gasteiger partial charge >= 0.3 is 0 Å². The molecule has 2 aromatic heterocycles. The lowest BCUT2D eigenvalue weighted by Gasteiger charge is -2.62. The van der Waals surface area contributed by atoms with Crippen LogP contribution in [0.25, 0.3) is 27.6 Å². The van der Waals surface area contributed by atoms with Gasteiger partial charge in [-0.15, -0.1) is 0 Å². The molecule has 8 aromatic rings. The molecule has 4 aliphatic carbocycles. The van der Waals surface area contributed by atoms with Crippen LogP contribution in [-0.4, -0.2) is 16.2 Å². The van der Waals surface area contributed by atoms with Gasteiger partial charge in [0.25, 0.3) is 0 Å². The molecule has 0 radical (unpaired) electrons. The van der Waals surface area contributed by atoms with Crippen LogP contribution in [-0.2, 0) is 22.7 Å². The molecule has 13 rings (SSSR count). The fraction of sp³-hybridized carbons (Fsp3) is 0.328. The predicted molar refractivity (Wildman–Crippen MR) is 272 cm³/mol. The van der Waals surface area contributed by atoms with Gasteiger partial charge in [-0.25, -0.2) is 4.98 Å². The molecule has 326 valence electrons. The van der Waals surface area contributed by atoms with Crippen molar-refractivity contribution >= 4 is 44.6 Å². The summed E-state index contributed by atoms with van der Waals surface area (Å²) in [5.74, 6) is 4.15. The average molecular weight is 851 g/mol. The van der Waals surface area contributed by atoms with E-state index in [0.29, 0.717) is 11.8 Å². The number of para-hydroxylation sites is 4. The van der Waals surface area contributed by atoms with E-state index < -0.39 is 0 Å². The zero-order valence-electron chi connectivity index (χ0n) is 39.1. The highest BCUT2D eigenvalue weighted by Crippen LogP contribution is 2.65. The molecule has 0 amide bonds. The number of nitrogens with zero attached hydrogens (tertiary/aromatic N) is 4. The fourth-order valence-corrected chi connectivity index (χ4v) is 13.5. The number of aromatic nitrogens is 2. The maximum atomic E-state index is 5.25.